The van der Waals surface area contributed by atoms with Crippen LogP contribution in [0, 0.1) is 0 Å². The first-order chi connectivity index (χ1) is 8.13. The molecule has 0 saturated heterocycles. The van der Waals surface area contributed by atoms with Gasteiger partial charge in [-0.15, -0.1) is 0 Å². The topological polar surface area (TPSA) is 84.6 Å². The summed E-state index contributed by atoms with van der Waals surface area (Å²) in [5, 5.41) is 11.7. The van der Waals surface area contributed by atoms with E-state index in [0.717, 1.165) is 0 Å². The van der Waals surface area contributed by atoms with Gasteiger partial charge >= 0.3 is 0 Å². The van der Waals surface area contributed by atoms with Gasteiger partial charge in [0.1, 0.15) is 5.75 Å². The summed E-state index contributed by atoms with van der Waals surface area (Å²) < 4.78 is 5.04. The maximum atomic E-state index is 11.9. The second-order valence-corrected chi connectivity index (χ2v) is 3.68. The second-order valence-electron chi connectivity index (χ2n) is 3.68. The van der Waals surface area contributed by atoms with Crippen molar-refractivity contribution in [1.82, 2.24) is 5.32 Å². The molecule has 0 fully saturated rings. The summed E-state index contributed by atoms with van der Waals surface area (Å²) in [6.45, 7) is 1.79. The first-order valence-electron chi connectivity index (χ1n) is 5.48. The van der Waals surface area contributed by atoms with Crippen LogP contribution in [0.2, 0.25) is 0 Å². The van der Waals surface area contributed by atoms with Crippen molar-refractivity contribution >= 4 is 11.6 Å². The second kappa shape index (κ2) is 6.10. The molecule has 0 spiro atoms. The van der Waals surface area contributed by atoms with Gasteiger partial charge in [-0.3, -0.25) is 4.79 Å². The van der Waals surface area contributed by atoms with Crippen molar-refractivity contribution in [2.45, 2.75) is 19.4 Å². The first-order valence-corrected chi connectivity index (χ1v) is 5.48. The van der Waals surface area contributed by atoms with E-state index >= 15 is 0 Å². The van der Waals surface area contributed by atoms with Crippen molar-refractivity contribution in [1.29, 1.82) is 0 Å². The van der Waals surface area contributed by atoms with Gasteiger partial charge in [-0.1, -0.05) is 13.0 Å². The highest BCUT2D eigenvalue weighted by molar-refractivity contribution is 6.00. The number of para-hydroxylation sites is 1. The Morgan fingerprint density at radius 1 is 1.59 bits per heavy atom. The third-order valence-electron chi connectivity index (χ3n) is 2.58. The minimum absolute atomic E-state index is 0.0912. The van der Waals surface area contributed by atoms with Crippen LogP contribution in [0.1, 0.15) is 23.7 Å². The van der Waals surface area contributed by atoms with Gasteiger partial charge in [-0.2, -0.15) is 0 Å². The Morgan fingerprint density at radius 2 is 2.29 bits per heavy atom. The molecule has 1 aromatic carbocycles. The molecule has 0 aliphatic rings. The van der Waals surface area contributed by atoms with E-state index in [0.29, 0.717) is 23.4 Å². The van der Waals surface area contributed by atoms with Gasteiger partial charge in [0.15, 0.2) is 0 Å². The molecule has 5 heteroatoms. The number of aliphatic hydroxyl groups is 1. The summed E-state index contributed by atoms with van der Waals surface area (Å²) in [5.41, 5.74) is 6.47. The maximum absolute atomic E-state index is 11.9. The van der Waals surface area contributed by atoms with Gasteiger partial charge in [-0.05, 0) is 18.6 Å². The smallest absolute Gasteiger partial charge is 0.253 e. The fraction of sp³-hybridized carbons (Fsp3) is 0.417. The molecule has 1 amide bonds. The summed E-state index contributed by atoms with van der Waals surface area (Å²) in [5.74, 6) is 0.164. The number of carbonyl (C=O) groups is 1. The first kappa shape index (κ1) is 13.3. The Morgan fingerprint density at radius 3 is 2.82 bits per heavy atom. The molecule has 0 aliphatic heterocycles. The number of hydrogen-bond donors (Lipinski definition) is 3. The SMILES string of the molecule is CC[C@@H](CO)NC(=O)c1cccc(OC)c1N. The molecule has 5 nitrogen and oxygen atoms in total. The Hall–Kier alpha value is -1.75. The van der Waals surface area contributed by atoms with Crippen LogP contribution in [0.5, 0.6) is 5.75 Å². The average molecular weight is 238 g/mol. The summed E-state index contributed by atoms with van der Waals surface area (Å²) >= 11 is 0. The number of benzene rings is 1. The fourth-order valence-electron chi connectivity index (χ4n) is 1.46. The summed E-state index contributed by atoms with van der Waals surface area (Å²) in [6.07, 6.45) is 0.659. The van der Waals surface area contributed by atoms with Crippen LogP contribution in [0.4, 0.5) is 5.69 Å². The average Bonchev–Trinajstić information content (AvgIpc) is 2.35. The molecule has 17 heavy (non-hydrogen) atoms. The van der Waals surface area contributed by atoms with Gasteiger partial charge in [0.2, 0.25) is 0 Å². The van der Waals surface area contributed by atoms with Crippen molar-refractivity contribution < 1.29 is 14.6 Å². The zero-order chi connectivity index (χ0) is 12.8. The minimum Gasteiger partial charge on any atom is -0.495 e. The van der Waals surface area contributed by atoms with Crippen LogP contribution >= 0.6 is 0 Å². The number of methoxy groups -OCH3 is 1. The van der Waals surface area contributed by atoms with Gasteiger partial charge in [0, 0.05) is 0 Å². The van der Waals surface area contributed by atoms with E-state index in [1.165, 1.54) is 7.11 Å². The third kappa shape index (κ3) is 3.10. The molecular formula is C12H18N2O3. The van der Waals surface area contributed by atoms with Crippen LogP contribution in [0.3, 0.4) is 0 Å². The molecule has 94 valence electrons. The summed E-state index contributed by atoms with van der Waals surface area (Å²) in [4.78, 5) is 11.9. The predicted molar refractivity (Wildman–Crippen MR) is 66.0 cm³/mol. The third-order valence-corrected chi connectivity index (χ3v) is 2.58. The molecule has 0 heterocycles. The number of nitrogen functional groups attached to an aromatic ring is 1. The van der Waals surface area contributed by atoms with E-state index in [1.807, 2.05) is 6.92 Å². The van der Waals surface area contributed by atoms with Gasteiger partial charge in [-0.25, -0.2) is 0 Å². The number of ether oxygens (including phenoxy) is 1. The highest BCUT2D eigenvalue weighted by Gasteiger charge is 2.15. The highest BCUT2D eigenvalue weighted by Crippen LogP contribution is 2.24. The Kier molecular flexibility index (Phi) is 4.78. The lowest BCUT2D eigenvalue weighted by Gasteiger charge is -2.15. The van der Waals surface area contributed by atoms with Crippen LogP contribution in [0.15, 0.2) is 18.2 Å². The summed E-state index contributed by atoms with van der Waals surface area (Å²) in [7, 11) is 1.50. The summed E-state index contributed by atoms with van der Waals surface area (Å²) in [6, 6.07) is 4.75. The zero-order valence-corrected chi connectivity index (χ0v) is 10.1. The number of rotatable bonds is 5. The number of nitrogens with one attached hydrogen (secondary N) is 1. The molecular weight excluding hydrogens is 220 g/mol. The zero-order valence-electron chi connectivity index (χ0n) is 10.1. The lowest BCUT2D eigenvalue weighted by molar-refractivity contribution is 0.0915. The standard InChI is InChI=1S/C12H18N2O3/c1-3-8(7-15)14-12(16)9-5-4-6-10(17-2)11(9)13/h4-6,8,15H,3,7,13H2,1-2H3,(H,14,16)/t8-/m0/s1. The van der Waals surface area contributed by atoms with Crippen molar-refractivity contribution in [2.24, 2.45) is 0 Å². The molecule has 0 bridgehead atoms. The quantitative estimate of drug-likeness (QED) is 0.662. The van der Waals surface area contributed by atoms with E-state index in [2.05, 4.69) is 5.32 Å². The lowest BCUT2D eigenvalue weighted by Crippen LogP contribution is -2.37. The van der Waals surface area contributed by atoms with E-state index in [-0.39, 0.29) is 18.6 Å². The Balaban J connectivity index is 2.89. The van der Waals surface area contributed by atoms with Gasteiger partial charge in [0.05, 0.1) is 31.0 Å². The van der Waals surface area contributed by atoms with Crippen LogP contribution in [-0.2, 0) is 0 Å². The monoisotopic (exact) mass is 238 g/mol. The molecule has 4 N–H and O–H groups in total. The lowest BCUT2D eigenvalue weighted by atomic mass is 10.1. The number of aliphatic hydroxyl groups excluding tert-OH is 1. The van der Waals surface area contributed by atoms with Gasteiger partial charge in [0.25, 0.3) is 5.91 Å². The number of carbonyl (C=O) groups excluding carboxylic acids is 1. The van der Waals surface area contributed by atoms with Crippen molar-refractivity contribution in [3.63, 3.8) is 0 Å². The number of anilines is 1. The van der Waals surface area contributed by atoms with Crippen LogP contribution in [-0.4, -0.2) is 30.8 Å². The molecule has 0 aromatic heterocycles. The molecule has 0 unspecified atom stereocenters. The number of hydrogen-bond acceptors (Lipinski definition) is 4. The Labute approximate surface area is 101 Å². The van der Waals surface area contributed by atoms with Crippen LogP contribution in [0.25, 0.3) is 0 Å². The van der Waals surface area contributed by atoms with E-state index in [4.69, 9.17) is 15.6 Å². The normalized spacial score (nSPS) is 11.9. The molecule has 1 rings (SSSR count). The minimum atomic E-state index is -0.303. The molecule has 1 aromatic rings. The fourth-order valence-corrected chi connectivity index (χ4v) is 1.46. The number of nitrogens with two attached hydrogens (primary N) is 1. The number of amides is 1. The predicted octanol–water partition coefficient (Wildman–Crippen LogP) is 0.778. The molecule has 0 saturated carbocycles. The van der Waals surface area contributed by atoms with E-state index < -0.39 is 0 Å². The van der Waals surface area contributed by atoms with Crippen molar-refractivity contribution in [2.75, 3.05) is 19.5 Å². The highest BCUT2D eigenvalue weighted by atomic mass is 16.5. The van der Waals surface area contributed by atoms with E-state index in [1.54, 1.807) is 18.2 Å². The molecule has 0 radical (unpaired) electrons. The van der Waals surface area contributed by atoms with Crippen LogP contribution < -0.4 is 15.8 Å². The largest absolute Gasteiger partial charge is 0.495 e. The van der Waals surface area contributed by atoms with Crippen molar-refractivity contribution in [3.05, 3.63) is 23.8 Å². The molecule has 1 atom stereocenters. The Bertz CT molecular complexity index is 389. The molecule has 0 aliphatic carbocycles. The van der Waals surface area contributed by atoms with Crippen molar-refractivity contribution in [3.8, 4) is 5.75 Å². The maximum Gasteiger partial charge on any atom is 0.253 e. The van der Waals surface area contributed by atoms with E-state index in [9.17, 15) is 4.79 Å². The van der Waals surface area contributed by atoms with Gasteiger partial charge < -0.3 is 20.9 Å².